The van der Waals surface area contributed by atoms with Gasteiger partial charge in [0.15, 0.2) is 6.10 Å². The Balaban J connectivity index is 1.15. The number of halogens is 1. The number of carbonyl (C=O) groups is 2. The summed E-state index contributed by atoms with van der Waals surface area (Å²) in [6.45, 7) is 6.07. The molecular weight excluding hydrogens is 546 g/mol. The van der Waals surface area contributed by atoms with Crippen LogP contribution in [0.2, 0.25) is 5.02 Å². The van der Waals surface area contributed by atoms with Gasteiger partial charge >= 0.3 is 6.09 Å². The zero-order valence-electron chi connectivity index (χ0n) is 22.6. The van der Waals surface area contributed by atoms with Crippen LogP contribution in [0.4, 0.5) is 4.79 Å². The van der Waals surface area contributed by atoms with Crippen molar-refractivity contribution in [1.82, 2.24) is 19.7 Å². The number of thiazole rings is 1. The predicted molar refractivity (Wildman–Crippen MR) is 158 cm³/mol. The SMILES string of the molecule is NC(=O)O[C@@H](C(=O)N1CCN(Cc2cscn2)CC1)C1CCN(CCc2cc(Cl)ccc2-c2ccccc2)CC1. The molecule has 212 valence electrons. The van der Waals surface area contributed by atoms with Gasteiger partial charge in [0.05, 0.1) is 11.2 Å². The highest BCUT2D eigenvalue weighted by atomic mass is 35.5. The molecule has 0 saturated carbocycles. The maximum atomic E-state index is 13.5. The van der Waals surface area contributed by atoms with Gasteiger partial charge < -0.3 is 20.3 Å². The van der Waals surface area contributed by atoms with E-state index >= 15 is 0 Å². The first-order valence-electron chi connectivity index (χ1n) is 13.9. The van der Waals surface area contributed by atoms with Crippen molar-refractivity contribution in [2.75, 3.05) is 45.8 Å². The number of piperidine rings is 1. The number of benzene rings is 2. The first-order chi connectivity index (χ1) is 19.5. The van der Waals surface area contributed by atoms with Gasteiger partial charge in [-0.15, -0.1) is 11.3 Å². The molecule has 3 aromatic rings. The van der Waals surface area contributed by atoms with E-state index in [9.17, 15) is 9.59 Å². The smallest absolute Gasteiger partial charge is 0.405 e. The average Bonchev–Trinajstić information content (AvgIpc) is 3.49. The summed E-state index contributed by atoms with van der Waals surface area (Å²) in [5.41, 5.74) is 11.9. The standard InChI is InChI=1S/C30H36ClN5O3S/c31-25-6-7-27(22-4-2-1-3-5-22)24(18-25)10-13-34-11-8-23(9-12-34)28(39-30(32)38)29(37)36-16-14-35(15-17-36)19-26-20-40-21-33-26/h1-7,18,20-21,23,28H,8-17,19H2,(H2,32,38)/t28-/m1/s1. The molecule has 10 heteroatoms. The van der Waals surface area contributed by atoms with Crippen LogP contribution in [0.3, 0.4) is 0 Å². The average molecular weight is 582 g/mol. The Morgan fingerprint density at radius 2 is 1.77 bits per heavy atom. The van der Waals surface area contributed by atoms with Gasteiger partial charge in [-0.25, -0.2) is 9.78 Å². The Morgan fingerprint density at radius 1 is 1.02 bits per heavy atom. The van der Waals surface area contributed by atoms with Crippen LogP contribution >= 0.6 is 22.9 Å². The molecule has 2 saturated heterocycles. The molecule has 0 aliphatic carbocycles. The Morgan fingerprint density at radius 3 is 2.45 bits per heavy atom. The van der Waals surface area contributed by atoms with Crippen LogP contribution in [0.15, 0.2) is 59.4 Å². The summed E-state index contributed by atoms with van der Waals surface area (Å²) >= 11 is 7.94. The number of nitrogens with zero attached hydrogens (tertiary/aromatic N) is 4. The lowest BCUT2D eigenvalue weighted by Gasteiger charge is -2.39. The molecule has 2 aliphatic rings. The largest absolute Gasteiger partial charge is 0.436 e. The third-order valence-corrected chi connectivity index (χ3v) is 8.82. The van der Waals surface area contributed by atoms with E-state index in [-0.39, 0.29) is 11.8 Å². The summed E-state index contributed by atoms with van der Waals surface area (Å²) in [4.78, 5) is 36.1. The van der Waals surface area contributed by atoms with Crippen molar-refractivity contribution < 1.29 is 14.3 Å². The number of piperazine rings is 1. The highest BCUT2D eigenvalue weighted by Crippen LogP contribution is 2.29. The molecule has 8 nitrogen and oxygen atoms in total. The molecule has 0 spiro atoms. The van der Waals surface area contributed by atoms with Gasteiger partial charge in [0, 0.05) is 55.6 Å². The van der Waals surface area contributed by atoms with Crippen molar-refractivity contribution in [2.45, 2.75) is 31.9 Å². The number of aromatic nitrogens is 1. The fourth-order valence-electron chi connectivity index (χ4n) is 5.75. The van der Waals surface area contributed by atoms with E-state index in [4.69, 9.17) is 22.1 Å². The van der Waals surface area contributed by atoms with Gasteiger partial charge in [-0.3, -0.25) is 9.69 Å². The molecule has 0 radical (unpaired) electrons. The van der Waals surface area contributed by atoms with Gasteiger partial charge in [0.2, 0.25) is 0 Å². The van der Waals surface area contributed by atoms with Crippen LogP contribution in [0, 0.1) is 5.92 Å². The Kier molecular flexibility index (Phi) is 9.70. The molecular formula is C30H36ClN5O3S. The van der Waals surface area contributed by atoms with E-state index in [0.717, 1.165) is 69.2 Å². The monoisotopic (exact) mass is 581 g/mol. The van der Waals surface area contributed by atoms with Crippen LogP contribution in [-0.4, -0.2) is 83.6 Å². The molecule has 0 bridgehead atoms. The van der Waals surface area contributed by atoms with E-state index in [1.165, 1.54) is 16.7 Å². The fraction of sp³-hybridized carbons (Fsp3) is 0.433. The molecule has 3 heterocycles. The Bertz CT molecular complexity index is 1260. The van der Waals surface area contributed by atoms with Gasteiger partial charge in [-0.1, -0.05) is 48.0 Å². The number of rotatable bonds is 9. The second kappa shape index (κ2) is 13.6. The molecule has 0 unspecified atom stereocenters. The van der Waals surface area contributed by atoms with Crippen molar-refractivity contribution in [3.63, 3.8) is 0 Å². The number of nitrogens with two attached hydrogens (primary N) is 1. The summed E-state index contributed by atoms with van der Waals surface area (Å²) in [7, 11) is 0. The fourth-order valence-corrected chi connectivity index (χ4v) is 6.50. The normalized spacial score (nSPS) is 18.0. The lowest BCUT2D eigenvalue weighted by Crippen LogP contribution is -2.54. The minimum Gasteiger partial charge on any atom is -0.436 e. The lowest BCUT2D eigenvalue weighted by molar-refractivity contribution is -0.146. The van der Waals surface area contributed by atoms with Crippen LogP contribution in [0.25, 0.3) is 11.1 Å². The third kappa shape index (κ3) is 7.40. The highest BCUT2D eigenvalue weighted by Gasteiger charge is 2.37. The van der Waals surface area contributed by atoms with E-state index in [1.807, 2.05) is 34.7 Å². The Hall–Kier alpha value is -2.98. The number of primary amides is 1. The number of ether oxygens (including phenoxy) is 1. The molecule has 2 N–H and O–H groups in total. The summed E-state index contributed by atoms with van der Waals surface area (Å²) in [6.07, 6.45) is 0.698. The first kappa shape index (κ1) is 28.5. The number of hydrogen-bond donors (Lipinski definition) is 1. The molecule has 1 aromatic heterocycles. The molecule has 2 aliphatic heterocycles. The lowest BCUT2D eigenvalue weighted by atomic mass is 9.89. The number of carbonyl (C=O) groups excluding carboxylic acids is 2. The highest BCUT2D eigenvalue weighted by molar-refractivity contribution is 7.07. The van der Waals surface area contributed by atoms with Crippen molar-refractivity contribution in [3.8, 4) is 11.1 Å². The van der Waals surface area contributed by atoms with E-state index in [0.29, 0.717) is 13.1 Å². The second-order valence-electron chi connectivity index (χ2n) is 10.5. The quantitative estimate of drug-likeness (QED) is 0.399. The predicted octanol–water partition coefficient (Wildman–Crippen LogP) is 4.53. The van der Waals surface area contributed by atoms with Crippen molar-refractivity contribution >= 4 is 34.9 Å². The minimum absolute atomic E-state index is 0.0460. The number of likely N-dealkylation sites (tertiary alicyclic amines) is 1. The molecule has 2 fully saturated rings. The topological polar surface area (TPSA) is 92.0 Å². The van der Waals surface area contributed by atoms with Crippen molar-refractivity contribution in [3.05, 3.63) is 75.7 Å². The van der Waals surface area contributed by atoms with Crippen LogP contribution in [0.5, 0.6) is 0 Å². The van der Waals surface area contributed by atoms with E-state index < -0.39 is 12.2 Å². The second-order valence-corrected chi connectivity index (χ2v) is 11.7. The third-order valence-electron chi connectivity index (χ3n) is 7.95. The van der Waals surface area contributed by atoms with Gasteiger partial charge in [-0.2, -0.15) is 0 Å². The van der Waals surface area contributed by atoms with Crippen molar-refractivity contribution in [1.29, 1.82) is 0 Å². The maximum Gasteiger partial charge on any atom is 0.405 e. The maximum absolute atomic E-state index is 13.5. The molecule has 1 atom stereocenters. The van der Waals surface area contributed by atoms with Gasteiger partial charge in [0.1, 0.15) is 0 Å². The first-order valence-corrected chi connectivity index (χ1v) is 15.2. The van der Waals surface area contributed by atoms with Gasteiger partial charge in [-0.05, 0) is 61.2 Å². The Labute approximate surface area is 244 Å². The van der Waals surface area contributed by atoms with Crippen molar-refractivity contribution in [2.24, 2.45) is 11.7 Å². The minimum atomic E-state index is -0.891. The number of hydrogen-bond acceptors (Lipinski definition) is 7. The van der Waals surface area contributed by atoms with E-state index in [1.54, 1.807) is 11.3 Å². The molecule has 2 amide bonds. The van der Waals surface area contributed by atoms with E-state index in [2.05, 4.69) is 44.4 Å². The molecule has 2 aromatic carbocycles. The summed E-state index contributed by atoms with van der Waals surface area (Å²) in [5.74, 6) is -0.174. The van der Waals surface area contributed by atoms with Gasteiger partial charge in [0.25, 0.3) is 5.91 Å². The van der Waals surface area contributed by atoms with Crippen LogP contribution in [0.1, 0.15) is 24.1 Å². The van der Waals surface area contributed by atoms with Crippen LogP contribution in [-0.2, 0) is 22.5 Å². The summed E-state index contributed by atoms with van der Waals surface area (Å²) in [5, 5.41) is 2.79. The zero-order chi connectivity index (χ0) is 27.9. The number of amides is 2. The molecule has 40 heavy (non-hydrogen) atoms. The summed E-state index contributed by atoms with van der Waals surface area (Å²) in [6, 6.07) is 16.4. The zero-order valence-corrected chi connectivity index (χ0v) is 24.2. The van der Waals surface area contributed by atoms with Crippen LogP contribution < -0.4 is 5.73 Å². The molecule has 5 rings (SSSR count). The summed E-state index contributed by atoms with van der Waals surface area (Å²) < 4.78 is 5.45.